The van der Waals surface area contributed by atoms with Gasteiger partial charge in [0.25, 0.3) is 0 Å². The largest absolute Gasteiger partial charge is 0.219 e. The lowest BCUT2D eigenvalue weighted by molar-refractivity contribution is 0.596. The maximum Gasteiger partial charge on any atom is 0.206 e. The average molecular weight is 246 g/mol. The molecule has 2 nitrogen and oxygen atoms in total. The van der Waals surface area contributed by atoms with Crippen LogP contribution in [0.4, 0.5) is 0 Å². The summed E-state index contributed by atoms with van der Waals surface area (Å²) in [4.78, 5) is 0.690. The highest BCUT2D eigenvalue weighted by molar-refractivity contribution is 7.91. The van der Waals surface area contributed by atoms with Crippen LogP contribution in [0.25, 0.3) is 0 Å². The lowest BCUT2D eigenvalue weighted by atomic mass is 10.2. The summed E-state index contributed by atoms with van der Waals surface area (Å²) >= 11 is 0. The Kier molecular flexibility index (Phi) is 3.03. The quantitative estimate of drug-likeness (QED) is 0.815. The number of hydrogen-bond donors (Lipinski definition) is 0. The molecule has 0 aliphatic carbocycles. The first kappa shape index (κ1) is 11.9. The predicted octanol–water partition coefficient (Wildman–Crippen LogP) is 3.14. The Morgan fingerprint density at radius 3 is 2.00 bits per heavy atom. The van der Waals surface area contributed by atoms with Crippen LogP contribution in [0.15, 0.2) is 58.3 Å². The monoisotopic (exact) mass is 246 g/mol. The van der Waals surface area contributed by atoms with E-state index in [0.29, 0.717) is 9.79 Å². The second-order valence-corrected chi connectivity index (χ2v) is 6.08. The molecule has 0 saturated carbocycles. The first-order valence-corrected chi connectivity index (χ1v) is 6.87. The van der Waals surface area contributed by atoms with Crippen LogP contribution in [-0.4, -0.2) is 8.42 Å². The van der Waals surface area contributed by atoms with E-state index < -0.39 is 9.84 Å². The highest BCUT2D eigenvalue weighted by Gasteiger charge is 2.16. The van der Waals surface area contributed by atoms with Crippen molar-refractivity contribution in [2.24, 2.45) is 0 Å². The van der Waals surface area contributed by atoms with Crippen LogP contribution in [0, 0.1) is 13.8 Å². The molecule has 17 heavy (non-hydrogen) atoms. The highest BCUT2D eigenvalue weighted by atomic mass is 32.2. The predicted molar refractivity (Wildman–Crippen MR) is 67.8 cm³/mol. The third-order valence-electron chi connectivity index (χ3n) is 2.63. The van der Waals surface area contributed by atoms with E-state index in [1.165, 1.54) is 0 Å². The van der Waals surface area contributed by atoms with Gasteiger partial charge >= 0.3 is 0 Å². The standard InChI is InChI=1S/C14H14O2S/c1-11-6-8-13(9-7-11)17(15,16)14-5-3-4-12(2)10-14/h3-10H,1-2H3. The molecule has 0 aromatic heterocycles. The van der Waals surface area contributed by atoms with E-state index in [-0.39, 0.29) is 0 Å². The van der Waals surface area contributed by atoms with Crippen LogP contribution in [0.1, 0.15) is 11.1 Å². The van der Waals surface area contributed by atoms with Gasteiger partial charge in [0.15, 0.2) is 0 Å². The average Bonchev–Trinajstić information content (AvgIpc) is 2.29. The number of aryl methyl sites for hydroxylation is 2. The summed E-state index contributed by atoms with van der Waals surface area (Å²) in [5.74, 6) is 0. The third-order valence-corrected chi connectivity index (χ3v) is 4.40. The van der Waals surface area contributed by atoms with Crippen molar-refractivity contribution in [3.63, 3.8) is 0 Å². The Balaban J connectivity index is 2.54. The second kappa shape index (κ2) is 4.34. The SMILES string of the molecule is Cc1ccc(S(=O)(=O)c2cccc(C)c2)cc1. The summed E-state index contributed by atoms with van der Waals surface area (Å²) in [5, 5.41) is 0. The Hall–Kier alpha value is -1.61. The summed E-state index contributed by atoms with van der Waals surface area (Å²) in [5.41, 5.74) is 1.99. The summed E-state index contributed by atoms with van der Waals surface area (Å²) < 4.78 is 24.6. The number of rotatable bonds is 2. The van der Waals surface area contributed by atoms with Gasteiger partial charge in [-0.1, -0.05) is 29.8 Å². The molecule has 0 N–H and O–H groups in total. The fourth-order valence-corrected chi connectivity index (χ4v) is 3.00. The summed E-state index contributed by atoms with van der Waals surface area (Å²) in [6, 6.07) is 13.9. The van der Waals surface area contributed by atoms with Crippen molar-refractivity contribution in [2.75, 3.05) is 0 Å². The zero-order chi connectivity index (χ0) is 12.5. The minimum absolute atomic E-state index is 0.341. The minimum atomic E-state index is -3.38. The van der Waals surface area contributed by atoms with Crippen molar-refractivity contribution in [1.29, 1.82) is 0 Å². The van der Waals surface area contributed by atoms with Crippen LogP contribution in [0.5, 0.6) is 0 Å². The third kappa shape index (κ3) is 2.39. The molecule has 0 aliphatic rings. The van der Waals surface area contributed by atoms with Crippen LogP contribution in [0.2, 0.25) is 0 Å². The Bertz CT molecular complexity index is 626. The normalized spacial score (nSPS) is 11.4. The molecule has 0 unspecified atom stereocenters. The number of benzene rings is 2. The van der Waals surface area contributed by atoms with E-state index in [1.54, 1.807) is 30.3 Å². The van der Waals surface area contributed by atoms with Gasteiger partial charge in [-0.2, -0.15) is 0 Å². The molecule has 0 fully saturated rings. The van der Waals surface area contributed by atoms with Gasteiger partial charge in [0.05, 0.1) is 9.79 Å². The fourth-order valence-electron chi connectivity index (χ4n) is 1.64. The summed E-state index contributed by atoms with van der Waals surface area (Å²) in [6.45, 7) is 3.82. The van der Waals surface area contributed by atoms with E-state index in [0.717, 1.165) is 11.1 Å². The Morgan fingerprint density at radius 2 is 1.41 bits per heavy atom. The van der Waals surface area contributed by atoms with E-state index in [4.69, 9.17) is 0 Å². The van der Waals surface area contributed by atoms with Gasteiger partial charge in [-0.3, -0.25) is 0 Å². The van der Waals surface area contributed by atoms with Crippen LogP contribution in [0.3, 0.4) is 0 Å². The van der Waals surface area contributed by atoms with Gasteiger partial charge in [0.1, 0.15) is 0 Å². The molecule has 0 heterocycles. The molecule has 88 valence electrons. The molecule has 0 saturated heterocycles. The molecule has 0 bridgehead atoms. The molecule has 0 atom stereocenters. The molecule has 2 aromatic carbocycles. The second-order valence-electron chi connectivity index (χ2n) is 4.13. The highest BCUT2D eigenvalue weighted by Crippen LogP contribution is 2.21. The summed E-state index contributed by atoms with van der Waals surface area (Å²) in [6.07, 6.45) is 0. The number of sulfone groups is 1. The maximum absolute atomic E-state index is 12.3. The van der Waals surface area contributed by atoms with Crippen LogP contribution in [-0.2, 0) is 9.84 Å². The first-order chi connectivity index (χ1) is 8.00. The van der Waals surface area contributed by atoms with Gasteiger partial charge in [0.2, 0.25) is 9.84 Å². The van der Waals surface area contributed by atoms with Crippen molar-refractivity contribution < 1.29 is 8.42 Å². The smallest absolute Gasteiger partial charge is 0.206 e. The first-order valence-electron chi connectivity index (χ1n) is 5.38. The van der Waals surface area contributed by atoms with Gasteiger partial charge < -0.3 is 0 Å². The fraction of sp³-hybridized carbons (Fsp3) is 0.143. The molecule has 0 amide bonds. The van der Waals surface area contributed by atoms with Crippen molar-refractivity contribution in [1.82, 2.24) is 0 Å². The summed E-state index contributed by atoms with van der Waals surface area (Å²) in [7, 11) is -3.38. The van der Waals surface area contributed by atoms with E-state index >= 15 is 0 Å². The molecular weight excluding hydrogens is 232 g/mol. The number of hydrogen-bond acceptors (Lipinski definition) is 2. The van der Waals surface area contributed by atoms with Crippen LogP contribution < -0.4 is 0 Å². The molecule has 2 aromatic rings. The maximum atomic E-state index is 12.3. The minimum Gasteiger partial charge on any atom is -0.219 e. The van der Waals surface area contributed by atoms with Gasteiger partial charge in [-0.25, -0.2) is 8.42 Å². The van der Waals surface area contributed by atoms with E-state index in [1.807, 2.05) is 32.0 Å². The lowest BCUT2D eigenvalue weighted by Crippen LogP contribution is -2.02. The van der Waals surface area contributed by atoms with Gasteiger partial charge in [-0.05, 0) is 43.7 Å². The van der Waals surface area contributed by atoms with Crippen LogP contribution >= 0.6 is 0 Å². The van der Waals surface area contributed by atoms with E-state index in [2.05, 4.69) is 0 Å². The molecule has 3 heteroatoms. The molecular formula is C14H14O2S. The van der Waals surface area contributed by atoms with Crippen molar-refractivity contribution in [2.45, 2.75) is 23.6 Å². The zero-order valence-corrected chi connectivity index (χ0v) is 10.7. The van der Waals surface area contributed by atoms with E-state index in [9.17, 15) is 8.42 Å². The van der Waals surface area contributed by atoms with Crippen molar-refractivity contribution >= 4 is 9.84 Å². The zero-order valence-electron chi connectivity index (χ0n) is 9.84. The molecule has 2 rings (SSSR count). The van der Waals surface area contributed by atoms with Gasteiger partial charge in [0, 0.05) is 0 Å². The molecule has 0 aliphatic heterocycles. The Labute approximate surface area is 102 Å². The van der Waals surface area contributed by atoms with Gasteiger partial charge in [-0.15, -0.1) is 0 Å². The lowest BCUT2D eigenvalue weighted by Gasteiger charge is -2.05. The topological polar surface area (TPSA) is 34.1 Å². The Morgan fingerprint density at radius 1 is 0.765 bits per heavy atom. The van der Waals surface area contributed by atoms with Crippen molar-refractivity contribution in [3.8, 4) is 0 Å². The molecule has 0 spiro atoms. The molecule has 0 radical (unpaired) electrons. The van der Waals surface area contributed by atoms with Crippen molar-refractivity contribution in [3.05, 3.63) is 59.7 Å².